The molecule has 0 radical (unpaired) electrons. The first-order chi connectivity index (χ1) is 9.20. The first-order valence-electron chi connectivity index (χ1n) is 7.68. The molecule has 4 nitrogen and oxygen atoms in total. The minimum absolute atomic E-state index is 0.654. The van der Waals surface area contributed by atoms with Crippen molar-refractivity contribution in [3.8, 4) is 0 Å². The average molecular weight is 264 g/mol. The van der Waals surface area contributed by atoms with Crippen molar-refractivity contribution in [3.05, 3.63) is 11.9 Å². The minimum atomic E-state index is 0.654. The highest BCUT2D eigenvalue weighted by atomic mass is 15.2. The van der Waals surface area contributed by atoms with Crippen LogP contribution in [0.15, 0.2) is 6.20 Å². The van der Waals surface area contributed by atoms with Crippen LogP contribution in [0.5, 0.6) is 0 Å². The van der Waals surface area contributed by atoms with Crippen LogP contribution in [-0.4, -0.2) is 41.1 Å². The molecule has 1 aromatic heterocycles. The van der Waals surface area contributed by atoms with Crippen LogP contribution >= 0.6 is 0 Å². The second kappa shape index (κ2) is 6.94. The fourth-order valence-corrected chi connectivity index (χ4v) is 2.80. The van der Waals surface area contributed by atoms with Crippen LogP contribution in [0.4, 0.5) is 5.95 Å². The zero-order chi connectivity index (χ0) is 13.7. The van der Waals surface area contributed by atoms with Gasteiger partial charge in [0, 0.05) is 25.3 Å². The summed E-state index contributed by atoms with van der Waals surface area (Å²) in [5, 5.41) is 3.51. The summed E-state index contributed by atoms with van der Waals surface area (Å²) in [5.41, 5.74) is 1.12. The summed E-state index contributed by atoms with van der Waals surface area (Å²) in [6.07, 6.45) is 8.94. The normalized spacial score (nSPS) is 17.1. The van der Waals surface area contributed by atoms with Crippen molar-refractivity contribution in [2.45, 2.75) is 52.0 Å². The molecule has 1 saturated carbocycles. The van der Waals surface area contributed by atoms with Gasteiger partial charge in [-0.1, -0.05) is 26.2 Å². The largest absolute Gasteiger partial charge is 0.354 e. The quantitative estimate of drug-likeness (QED) is 0.857. The van der Waals surface area contributed by atoms with Crippen molar-refractivity contribution < 1.29 is 0 Å². The first kappa shape index (κ1) is 14.4. The van der Waals surface area contributed by atoms with E-state index in [9.17, 15) is 0 Å². The van der Waals surface area contributed by atoms with Gasteiger partial charge in [-0.3, -0.25) is 0 Å². The van der Waals surface area contributed by atoms with Crippen molar-refractivity contribution in [1.29, 1.82) is 0 Å². The Morgan fingerprint density at radius 3 is 2.79 bits per heavy atom. The Morgan fingerprint density at radius 1 is 1.37 bits per heavy atom. The maximum absolute atomic E-state index is 4.64. The van der Waals surface area contributed by atoms with E-state index in [4.69, 9.17) is 0 Å². The zero-order valence-electron chi connectivity index (χ0n) is 12.7. The lowest BCUT2D eigenvalue weighted by atomic mass is 9.95. The highest BCUT2D eigenvalue weighted by Crippen LogP contribution is 2.30. The number of imidazole rings is 1. The third kappa shape index (κ3) is 3.96. The number of anilines is 1. The van der Waals surface area contributed by atoms with Crippen molar-refractivity contribution in [2.24, 2.45) is 0 Å². The third-order valence-electron chi connectivity index (χ3n) is 4.14. The van der Waals surface area contributed by atoms with Crippen molar-refractivity contribution in [1.82, 2.24) is 14.5 Å². The second-order valence-electron chi connectivity index (χ2n) is 5.73. The number of aryl methyl sites for hydroxylation is 1. The van der Waals surface area contributed by atoms with Gasteiger partial charge in [0.25, 0.3) is 0 Å². The van der Waals surface area contributed by atoms with Crippen molar-refractivity contribution in [3.63, 3.8) is 0 Å². The Hall–Kier alpha value is -1.03. The topological polar surface area (TPSA) is 33.1 Å². The lowest BCUT2D eigenvalue weighted by molar-refractivity contribution is 0.352. The zero-order valence-corrected chi connectivity index (χ0v) is 12.7. The van der Waals surface area contributed by atoms with Crippen LogP contribution in [0.3, 0.4) is 0 Å². The van der Waals surface area contributed by atoms with Crippen LogP contribution in [0, 0.1) is 6.92 Å². The van der Waals surface area contributed by atoms with Crippen molar-refractivity contribution in [2.75, 3.05) is 32.0 Å². The van der Waals surface area contributed by atoms with E-state index in [2.05, 4.69) is 46.9 Å². The molecule has 0 bridgehead atoms. The monoisotopic (exact) mass is 264 g/mol. The molecule has 0 saturated heterocycles. The number of nitrogens with one attached hydrogen (secondary N) is 1. The van der Waals surface area contributed by atoms with E-state index in [1.165, 1.54) is 32.1 Å². The maximum atomic E-state index is 4.64. The molecule has 1 fully saturated rings. The first-order valence-corrected chi connectivity index (χ1v) is 7.68. The molecule has 1 aromatic rings. The van der Waals surface area contributed by atoms with E-state index in [1.807, 2.05) is 0 Å². The van der Waals surface area contributed by atoms with Gasteiger partial charge in [-0.2, -0.15) is 0 Å². The van der Waals surface area contributed by atoms with Crippen molar-refractivity contribution >= 4 is 5.95 Å². The van der Waals surface area contributed by atoms with E-state index >= 15 is 0 Å². The molecule has 1 aliphatic rings. The van der Waals surface area contributed by atoms with E-state index in [-0.39, 0.29) is 0 Å². The molecule has 0 amide bonds. The molecule has 1 N–H and O–H groups in total. The maximum Gasteiger partial charge on any atom is 0.203 e. The fraction of sp³-hybridized carbons (Fsp3) is 0.800. The van der Waals surface area contributed by atoms with Crippen LogP contribution in [0.2, 0.25) is 0 Å². The predicted octanol–water partition coefficient (Wildman–Crippen LogP) is 3.06. The van der Waals surface area contributed by atoms with Gasteiger partial charge in [-0.15, -0.1) is 0 Å². The molecular weight excluding hydrogens is 236 g/mol. The Kier molecular flexibility index (Phi) is 5.25. The number of nitrogens with zero attached hydrogens (tertiary/aromatic N) is 3. The summed E-state index contributed by atoms with van der Waals surface area (Å²) in [6.45, 7) is 7.40. The number of aromatic nitrogens is 2. The van der Waals surface area contributed by atoms with Gasteiger partial charge in [0.1, 0.15) is 0 Å². The SMILES string of the molecule is CCN(C)CCNc1nc(C)cn1C1CCCCC1. The summed E-state index contributed by atoms with van der Waals surface area (Å²) in [6, 6.07) is 0.654. The van der Waals surface area contributed by atoms with E-state index in [1.54, 1.807) is 0 Å². The molecule has 0 aliphatic heterocycles. The molecule has 0 unspecified atom stereocenters. The molecule has 4 heteroatoms. The van der Waals surface area contributed by atoms with Gasteiger partial charge in [-0.05, 0) is 33.4 Å². The second-order valence-corrected chi connectivity index (χ2v) is 5.73. The predicted molar refractivity (Wildman–Crippen MR) is 80.7 cm³/mol. The van der Waals surface area contributed by atoms with Gasteiger partial charge in [-0.25, -0.2) is 4.98 Å². The van der Waals surface area contributed by atoms with Crippen LogP contribution in [0.1, 0.15) is 50.8 Å². The molecule has 0 aromatic carbocycles. The van der Waals surface area contributed by atoms with E-state index in [0.717, 1.165) is 31.3 Å². The Labute approximate surface area is 117 Å². The Morgan fingerprint density at radius 2 is 2.11 bits per heavy atom. The molecule has 1 heterocycles. The van der Waals surface area contributed by atoms with Gasteiger partial charge < -0.3 is 14.8 Å². The summed E-state index contributed by atoms with van der Waals surface area (Å²) in [7, 11) is 2.15. The highest BCUT2D eigenvalue weighted by molar-refractivity contribution is 5.29. The lowest BCUT2D eigenvalue weighted by Crippen LogP contribution is -2.26. The highest BCUT2D eigenvalue weighted by Gasteiger charge is 2.18. The fourth-order valence-electron chi connectivity index (χ4n) is 2.80. The number of likely N-dealkylation sites (N-methyl/N-ethyl adjacent to an activating group) is 1. The Bertz CT molecular complexity index is 379. The smallest absolute Gasteiger partial charge is 0.203 e. The molecule has 0 atom stereocenters. The molecular formula is C15H28N4. The average Bonchev–Trinajstić information content (AvgIpc) is 2.80. The lowest BCUT2D eigenvalue weighted by Gasteiger charge is -2.25. The summed E-state index contributed by atoms with van der Waals surface area (Å²) >= 11 is 0. The van der Waals surface area contributed by atoms with Crippen LogP contribution in [-0.2, 0) is 0 Å². The molecule has 0 spiro atoms. The number of rotatable bonds is 6. The summed E-state index contributed by atoms with van der Waals surface area (Å²) < 4.78 is 2.38. The van der Waals surface area contributed by atoms with Gasteiger partial charge in [0.2, 0.25) is 5.95 Å². The van der Waals surface area contributed by atoms with Crippen LogP contribution < -0.4 is 5.32 Å². The summed E-state index contributed by atoms with van der Waals surface area (Å²) in [4.78, 5) is 6.96. The molecule has 108 valence electrons. The van der Waals surface area contributed by atoms with Gasteiger partial charge in [0.15, 0.2) is 0 Å². The molecule has 2 rings (SSSR count). The third-order valence-corrected chi connectivity index (χ3v) is 4.14. The standard InChI is InChI=1S/C15H28N4/c1-4-18(3)11-10-16-15-17-13(2)12-19(15)14-8-6-5-7-9-14/h12,14H,4-11H2,1-3H3,(H,16,17). The Balaban J connectivity index is 1.95. The molecule has 19 heavy (non-hydrogen) atoms. The van der Waals surface area contributed by atoms with Gasteiger partial charge in [0.05, 0.1) is 5.69 Å². The summed E-state index contributed by atoms with van der Waals surface area (Å²) in [5.74, 6) is 1.06. The number of hydrogen-bond donors (Lipinski definition) is 1. The van der Waals surface area contributed by atoms with E-state index in [0.29, 0.717) is 6.04 Å². The van der Waals surface area contributed by atoms with Crippen LogP contribution in [0.25, 0.3) is 0 Å². The molecule has 1 aliphatic carbocycles. The van der Waals surface area contributed by atoms with E-state index < -0.39 is 0 Å². The number of hydrogen-bond acceptors (Lipinski definition) is 3. The minimum Gasteiger partial charge on any atom is -0.354 e. The van der Waals surface area contributed by atoms with Gasteiger partial charge >= 0.3 is 0 Å².